The summed E-state index contributed by atoms with van der Waals surface area (Å²) in [6.07, 6.45) is 3.51. The van der Waals surface area contributed by atoms with Crippen LogP contribution in [0.5, 0.6) is 0 Å². The zero-order valence-corrected chi connectivity index (χ0v) is 12.9. The lowest BCUT2D eigenvalue weighted by Crippen LogP contribution is -2.21. The fraction of sp³-hybridized carbons (Fsp3) is 0.733. The highest BCUT2D eigenvalue weighted by molar-refractivity contribution is 5.47. The Morgan fingerprint density at radius 2 is 1.95 bits per heavy atom. The van der Waals surface area contributed by atoms with Crippen LogP contribution in [-0.4, -0.2) is 41.9 Å². The summed E-state index contributed by atoms with van der Waals surface area (Å²) in [7, 11) is 1.64. The Bertz CT molecular complexity index is 417. The lowest BCUT2D eigenvalue weighted by molar-refractivity contribution is 0.178. The summed E-state index contributed by atoms with van der Waals surface area (Å²) < 4.78 is 5.11. The van der Waals surface area contributed by atoms with Crippen molar-refractivity contribution in [3.8, 4) is 0 Å². The van der Waals surface area contributed by atoms with E-state index in [0.29, 0.717) is 24.3 Å². The first-order valence-electron chi connectivity index (χ1n) is 7.72. The second-order valence-electron chi connectivity index (χ2n) is 5.53. The Morgan fingerprint density at radius 1 is 1.24 bits per heavy atom. The number of aliphatic hydroxyl groups excluding tert-OH is 1. The van der Waals surface area contributed by atoms with Crippen molar-refractivity contribution in [2.45, 2.75) is 32.8 Å². The molecule has 0 aliphatic heterocycles. The zero-order chi connectivity index (χ0) is 15.1. The minimum Gasteiger partial charge on any atom is -0.396 e. The summed E-state index contributed by atoms with van der Waals surface area (Å²) >= 11 is 0. The van der Waals surface area contributed by atoms with Gasteiger partial charge in [-0.15, -0.1) is 0 Å². The van der Waals surface area contributed by atoms with Gasteiger partial charge in [0.1, 0.15) is 18.2 Å². The van der Waals surface area contributed by atoms with Crippen LogP contribution in [0.15, 0.2) is 6.07 Å². The van der Waals surface area contributed by atoms with Crippen LogP contribution in [0.1, 0.15) is 32.0 Å². The minimum atomic E-state index is 0.285. The largest absolute Gasteiger partial charge is 0.396 e. The summed E-state index contributed by atoms with van der Waals surface area (Å²) in [5, 5.41) is 16.0. The quantitative estimate of drug-likeness (QED) is 0.679. The van der Waals surface area contributed by atoms with Crippen molar-refractivity contribution < 1.29 is 9.84 Å². The normalized spacial score (nSPS) is 21.5. The van der Waals surface area contributed by atoms with E-state index in [-0.39, 0.29) is 6.61 Å². The number of nitrogens with zero attached hydrogens (tertiary/aromatic N) is 2. The van der Waals surface area contributed by atoms with Crippen LogP contribution in [0.2, 0.25) is 0 Å². The van der Waals surface area contributed by atoms with Gasteiger partial charge in [0, 0.05) is 32.9 Å². The molecule has 0 radical (unpaired) electrons. The minimum absolute atomic E-state index is 0.285. The summed E-state index contributed by atoms with van der Waals surface area (Å²) in [4.78, 5) is 8.86. The second-order valence-corrected chi connectivity index (χ2v) is 5.53. The molecule has 1 aromatic rings. The van der Waals surface area contributed by atoms with Crippen molar-refractivity contribution in [3.63, 3.8) is 0 Å². The number of hydrogen-bond acceptors (Lipinski definition) is 6. The number of methoxy groups -OCH3 is 1. The fourth-order valence-electron chi connectivity index (χ4n) is 2.91. The topological polar surface area (TPSA) is 79.3 Å². The molecule has 118 valence electrons. The third-order valence-electron chi connectivity index (χ3n) is 4.00. The molecule has 1 aromatic heterocycles. The van der Waals surface area contributed by atoms with E-state index in [4.69, 9.17) is 4.74 Å². The Morgan fingerprint density at radius 3 is 2.62 bits per heavy atom. The molecule has 1 aliphatic rings. The Labute approximate surface area is 126 Å². The summed E-state index contributed by atoms with van der Waals surface area (Å²) in [5.41, 5.74) is 0. The monoisotopic (exact) mass is 294 g/mol. The maximum Gasteiger partial charge on any atom is 0.158 e. The first-order valence-corrected chi connectivity index (χ1v) is 7.72. The molecule has 2 atom stereocenters. The zero-order valence-electron chi connectivity index (χ0n) is 12.9. The predicted molar refractivity (Wildman–Crippen MR) is 83.3 cm³/mol. The molecule has 6 nitrogen and oxygen atoms in total. The van der Waals surface area contributed by atoms with Gasteiger partial charge in [-0.3, -0.25) is 0 Å². The highest BCUT2D eigenvalue weighted by Gasteiger charge is 2.26. The number of aromatic nitrogens is 2. The van der Waals surface area contributed by atoms with Crippen molar-refractivity contribution in [2.24, 2.45) is 11.8 Å². The molecule has 1 aliphatic carbocycles. The van der Waals surface area contributed by atoms with Gasteiger partial charge >= 0.3 is 0 Å². The van der Waals surface area contributed by atoms with Gasteiger partial charge in [0.2, 0.25) is 0 Å². The number of aliphatic hydroxyl groups is 1. The maximum absolute atomic E-state index is 9.38. The first-order chi connectivity index (χ1) is 10.3. The average Bonchev–Trinajstić information content (AvgIpc) is 2.93. The first kappa shape index (κ1) is 16.0. The van der Waals surface area contributed by atoms with Crippen LogP contribution in [0, 0.1) is 11.8 Å². The molecular weight excluding hydrogens is 268 g/mol. The van der Waals surface area contributed by atoms with Gasteiger partial charge in [-0.25, -0.2) is 9.97 Å². The van der Waals surface area contributed by atoms with E-state index in [1.54, 1.807) is 7.11 Å². The van der Waals surface area contributed by atoms with Crippen LogP contribution in [0.25, 0.3) is 0 Å². The van der Waals surface area contributed by atoms with Gasteiger partial charge in [0.25, 0.3) is 0 Å². The molecule has 0 bridgehead atoms. The molecule has 6 heteroatoms. The average molecular weight is 294 g/mol. The third kappa shape index (κ3) is 4.54. The molecule has 0 spiro atoms. The third-order valence-corrected chi connectivity index (χ3v) is 4.00. The lowest BCUT2D eigenvalue weighted by Gasteiger charge is -2.18. The number of ether oxygens (including phenoxy) is 1. The number of rotatable bonds is 8. The lowest BCUT2D eigenvalue weighted by atomic mass is 9.97. The highest BCUT2D eigenvalue weighted by Crippen LogP contribution is 2.31. The predicted octanol–water partition coefficient (Wildman–Crippen LogP) is 1.88. The van der Waals surface area contributed by atoms with E-state index in [1.165, 1.54) is 12.8 Å². The van der Waals surface area contributed by atoms with Crippen LogP contribution in [0.4, 0.5) is 11.6 Å². The van der Waals surface area contributed by atoms with E-state index >= 15 is 0 Å². The molecule has 1 heterocycles. The van der Waals surface area contributed by atoms with E-state index in [9.17, 15) is 5.11 Å². The Kier molecular flexibility index (Phi) is 6.20. The molecule has 1 saturated carbocycles. The van der Waals surface area contributed by atoms with Crippen LogP contribution in [0.3, 0.4) is 0 Å². The number of hydrogen-bond donors (Lipinski definition) is 3. The highest BCUT2D eigenvalue weighted by atomic mass is 16.5. The fourth-order valence-corrected chi connectivity index (χ4v) is 2.91. The van der Waals surface area contributed by atoms with Gasteiger partial charge in [0.15, 0.2) is 5.82 Å². The van der Waals surface area contributed by atoms with Gasteiger partial charge in [0.05, 0.1) is 0 Å². The van der Waals surface area contributed by atoms with Crippen LogP contribution < -0.4 is 10.6 Å². The van der Waals surface area contributed by atoms with E-state index < -0.39 is 0 Å². The molecule has 3 N–H and O–H groups in total. The molecule has 0 amide bonds. The van der Waals surface area contributed by atoms with Crippen molar-refractivity contribution in [2.75, 3.05) is 37.4 Å². The van der Waals surface area contributed by atoms with Crippen molar-refractivity contribution >= 4 is 11.6 Å². The maximum atomic E-state index is 9.38. The van der Waals surface area contributed by atoms with Crippen LogP contribution in [-0.2, 0) is 11.3 Å². The standard InChI is InChI=1S/C15H26N4O2/c1-3-16-13-7-14(19-15(18-13)10-21-2)17-8-11-5-4-6-12(11)9-20/h7,11-12,20H,3-6,8-10H2,1-2H3,(H2,16,17,18,19). The van der Waals surface area contributed by atoms with E-state index in [0.717, 1.165) is 31.1 Å². The van der Waals surface area contributed by atoms with E-state index in [1.807, 2.05) is 13.0 Å². The van der Waals surface area contributed by atoms with Gasteiger partial charge in [-0.05, 0) is 31.6 Å². The number of anilines is 2. The van der Waals surface area contributed by atoms with Crippen molar-refractivity contribution in [3.05, 3.63) is 11.9 Å². The molecule has 2 rings (SSSR count). The second kappa shape index (κ2) is 8.14. The Hall–Kier alpha value is -1.40. The van der Waals surface area contributed by atoms with Gasteiger partial charge < -0.3 is 20.5 Å². The van der Waals surface area contributed by atoms with Crippen molar-refractivity contribution in [1.82, 2.24) is 9.97 Å². The van der Waals surface area contributed by atoms with Crippen molar-refractivity contribution in [1.29, 1.82) is 0 Å². The van der Waals surface area contributed by atoms with E-state index in [2.05, 4.69) is 20.6 Å². The van der Waals surface area contributed by atoms with Gasteiger partial charge in [-0.1, -0.05) is 6.42 Å². The molecule has 21 heavy (non-hydrogen) atoms. The SMILES string of the molecule is CCNc1cc(NCC2CCCC2CO)nc(COC)n1. The molecular formula is C15H26N4O2. The van der Waals surface area contributed by atoms with Gasteiger partial charge in [-0.2, -0.15) is 0 Å². The summed E-state index contributed by atoms with van der Waals surface area (Å²) in [6, 6.07) is 1.92. The van der Waals surface area contributed by atoms with Crippen LogP contribution >= 0.6 is 0 Å². The molecule has 0 aromatic carbocycles. The number of nitrogens with one attached hydrogen (secondary N) is 2. The molecule has 1 fully saturated rings. The Balaban J connectivity index is 2.00. The summed E-state index contributed by atoms with van der Waals surface area (Å²) in [6.45, 7) is 4.39. The summed E-state index contributed by atoms with van der Waals surface area (Å²) in [5.74, 6) is 3.25. The molecule has 0 saturated heterocycles. The smallest absolute Gasteiger partial charge is 0.158 e. The molecule has 2 unspecified atom stereocenters.